The van der Waals surface area contributed by atoms with E-state index in [-0.39, 0.29) is 5.75 Å². The van der Waals surface area contributed by atoms with Gasteiger partial charge in [-0.2, -0.15) is 0 Å². The van der Waals surface area contributed by atoms with Crippen molar-refractivity contribution in [3.05, 3.63) is 23.8 Å². The number of likely N-dealkylation sites (tertiary alicyclic amines) is 1. The van der Waals surface area contributed by atoms with E-state index in [1.807, 2.05) is 19.1 Å². The van der Waals surface area contributed by atoms with Gasteiger partial charge in [-0.15, -0.1) is 0 Å². The van der Waals surface area contributed by atoms with E-state index in [2.05, 4.69) is 17.1 Å². The van der Waals surface area contributed by atoms with Gasteiger partial charge >= 0.3 is 0 Å². The zero-order valence-electron chi connectivity index (χ0n) is 12.6. The number of benzene rings is 1. The summed E-state index contributed by atoms with van der Waals surface area (Å²) in [7, 11) is 0. The highest BCUT2D eigenvalue weighted by Crippen LogP contribution is 2.26. The monoisotopic (exact) mass is 278 g/mol. The van der Waals surface area contributed by atoms with Crippen molar-refractivity contribution in [1.82, 2.24) is 10.2 Å². The number of aromatic hydroxyl groups is 1. The summed E-state index contributed by atoms with van der Waals surface area (Å²) in [4.78, 5) is 2.50. The van der Waals surface area contributed by atoms with Crippen LogP contribution in [0.2, 0.25) is 0 Å². The molecule has 0 saturated carbocycles. The van der Waals surface area contributed by atoms with Gasteiger partial charge in [-0.1, -0.05) is 13.0 Å². The molecule has 4 nitrogen and oxygen atoms in total. The van der Waals surface area contributed by atoms with Crippen LogP contribution in [0, 0.1) is 5.92 Å². The normalized spacial score (nSPS) is 19.4. The van der Waals surface area contributed by atoms with Crippen LogP contribution < -0.4 is 10.1 Å². The predicted molar refractivity (Wildman–Crippen MR) is 81.2 cm³/mol. The smallest absolute Gasteiger partial charge is 0.161 e. The molecule has 1 heterocycles. The summed E-state index contributed by atoms with van der Waals surface area (Å²) in [6.07, 6.45) is 1.29. The van der Waals surface area contributed by atoms with Crippen LogP contribution in [0.1, 0.15) is 25.8 Å². The molecule has 112 valence electrons. The van der Waals surface area contributed by atoms with Gasteiger partial charge in [0.05, 0.1) is 6.61 Å². The first-order valence-electron chi connectivity index (χ1n) is 7.60. The summed E-state index contributed by atoms with van der Waals surface area (Å²) in [5.74, 6) is 1.55. The molecule has 1 atom stereocenters. The molecule has 2 N–H and O–H groups in total. The highest BCUT2D eigenvalue weighted by molar-refractivity contribution is 5.41. The summed E-state index contributed by atoms with van der Waals surface area (Å²) in [6, 6.07) is 5.56. The van der Waals surface area contributed by atoms with Gasteiger partial charge in [-0.05, 0) is 56.6 Å². The minimum Gasteiger partial charge on any atom is -0.504 e. The number of nitrogens with one attached hydrogen (secondary N) is 1. The Kier molecular flexibility index (Phi) is 5.68. The molecule has 1 unspecified atom stereocenters. The molecule has 1 aliphatic rings. The summed E-state index contributed by atoms with van der Waals surface area (Å²) in [6.45, 7) is 10.2. The molecule has 0 spiro atoms. The molecule has 1 aromatic rings. The van der Waals surface area contributed by atoms with Crippen LogP contribution in [-0.2, 0) is 6.54 Å². The number of rotatable bonds is 7. The Balaban J connectivity index is 1.78. The molecule has 1 aromatic carbocycles. The number of hydrogen-bond acceptors (Lipinski definition) is 4. The van der Waals surface area contributed by atoms with E-state index in [0.717, 1.165) is 31.1 Å². The lowest BCUT2D eigenvalue weighted by Crippen LogP contribution is -2.26. The van der Waals surface area contributed by atoms with Crippen molar-refractivity contribution in [2.75, 3.05) is 32.8 Å². The average Bonchev–Trinajstić information content (AvgIpc) is 2.90. The van der Waals surface area contributed by atoms with Crippen molar-refractivity contribution >= 4 is 0 Å². The number of nitrogens with zero attached hydrogens (tertiary/aromatic N) is 1. The average molecular weight is 278 g/mol. The van der Waals surface area contributed by atoms with Gasteiger partial charge in [-0.25, -0.2) is 0 Å². The molecular weight excluding hydrogens is 252 g/mol. The second-order valence-corrected chi connectivity index (χ2v) is 5.41. The molecule has 2 rings (SSSR count). The third-order valence-electron chi connectivity index (χ3n) is 3.90. The van der Waals surface area contributed by atoms with E-state index in [1.54, 1.807) is 6.07 Å². The van der Waals surface area contributed by atoms with Crippen LogP contribution in [0.25, 0.3) is 0 Å². The van der Waals surface area contributed by atoms with Gasteiger partial charge in [0.1, 0.15) is 0 Å². The largest absolute Gasteiger partial charge is 0.504 e. The summed E-state index contributed by atoms with van der Waals surface area (Å²) in [5, 5.41) is 13.2. The SMILES string of the molecule is CCOc1cc(CNCC2CCN(CC)C2)ccc1O. The van der Waals surface area contributed by atoms with Crippen molar-refractivity contribution in [2.45, 2.75) is 26.8 Å². The second kappa shape index (κ2) is 7.50. The fourth-order valence-corrected chi connectivity index (χ4v) is 2.73. The van der Waals surface area contributed by atoms with Gasteiger partial charge < -0.3 is 20.1 Å². The number of phenols is 1. The zero-order chi connectivity index (χ0) is 14.4. The molecule has 0 aliphatic carbocycles. The second-order valence-electron chi connectivity index (χ2n) is 5.41. The van der Waals surface area contributed by atoms with E-state index in [1.165, 1.54) is 19.5 Å². The highest BCUT2D eigenvalue weighted by atomic mass is 16.5. The van der Waals surface area contributed by atoms with Crippen LogP contribution >= 0.6 is 0 Å². The van der Waals surface area contributed by atoms with Crippen LogP contribution in [0.3, 0.4) is 0 Å². The third kappa shape index (κ3) is 4.12. The van der Waals surface area contributed by atoms with Crippen molar-refractivity contribution in [3.63, 3.8) is 0 Å². The standard InChI is InChI=1S/C16H26N2O2/c1-3-18-8-7-14(12-18)11-17-10-13-5-6-15(19)16(9-13)20-4-2/h5-6,9,14,17,19H,3-4,7-8,10-12H2,1-2H3. The Bertz CT molecular complexity index is 423. The predicted octanol–water partition coefficient (Wildman–Crippen LogP) is 2.22. The first-order valence-corrected chi connectivity index (χ1v) is 7.60. The molecule has 0 aromatic heterocycles. The first-order chi connectivity index (χ1) is 9.72. The molecule has 0 radical (unpaired) electrons. The van der Waals surface area contributed by atoms with Crippen molar-refractivity contribution in [2.24, 2.45) is 5.92 Å². The fourth-order valence-electron chi connectivity index (χ4n) is 2.73. The van der Waals surface area contributed by atoms with E-state index in [0.29, 0.717) is 12.4 Å². The Labute approximate surface area is 121 Å². The Morgan fingerprint density at radius 2 is 2.25 bits per heavy atom. The van der Waals surface area contributed by atoms with E-state index >= 15 is 0 Å². The Hall–Kier alpha value is -1.26. The Morgan fingerprint density at radius 3 is 2.95 bits per heavy atom. The maximum atomic E-state index is 9.67. The van der Waals surface area contributed by atoms with Gasteiger partial charge in [0.15, 0.2) is 11.5 Å². The molecule has 1 aliphatic heterocycles. The van der Waals surface area contributed by atoms with Crippen molar-refractivity contribution < 1.29 is 9.84 Å². The lowest BCUT2D eigenvalue weighted by Gasteiger charge is -2.14. The minimum atomic E-state index is 0.213. The van der Waals surface area contributed by atoms with Gasteiger partial charge in [0.2, 0.25) is 0 Å². The number of hydrogen-bond donors (Lipinski definition) is 2. The summed E-state index contributed by atoms with van der Waals surface area (Å²) in [5.41, 5.74) is 1.15. The maximum Gasteiger partial charge on any atom is 0.161 e. The summed E-state index contributed by atoms with van der Waals surface area (Å²) >= 11 is 0. The molecule has 4 heteroatoms. The Morgan fingerprint density at radius 1 is 1.40 bits per heavy atom. The van der Waals surface area contributed by atoms with Crippen LogP contribution in [0.5, 0.6) is 11.5 Å². The van der Waals surface area contributed by atoms with Gasteiger partial charge in [0.25, 0.3) is 0 Å². The molecule has 1 saturated heterocycles. The molecule has 0 amide bonds. The van der Waals surface area contributed by atoms with Gasteiger partial charge in [-0.3, -0.25) is 0 Å². The molecule has 1 fully saturated rings. The van der Waals surface area contributed by atoms with Crippen LogP contribution in [0.4, 0.5) is 0 Å². The van der Waals surface area contributed by atoms with Crippen molar-refractivity contribution in [1.29, 1.82) is 0 Å². The van der Waals surface area contributed by atoms with E-state index in [4.69, 9.17) is 4.74 Å². The van der Waals surface area contributed by atoms with Crippen LogP contribution in [0.15, 0.2) is 18.2 Å². The maximum absolute atomic E-state index is 9.67. The minimum absolute atomic E-state index is 0.213. The molecule has 20 heavy (non-hydrogen) atoms. The van der Waals surface area contributed by atoms with Crippen molar-refractivity contribution in [3.8, 4) is 11.5 Å². The number of phenolic OH excluding ortho intramolecular Hbond substituents is 1. The fraction of sp³-hybridized carbons (Fsp3) is 0.625. The summed E-state index contributed by atoms with van der Waals surface area (Å²) < 4.78 is 5.40. The van der Waals surface area contributed by atoms with E-state index < -0.39 is 0 Å². The lowest BCUT2D eigenvalue weighted by atomic mass is 10.1. The van der Waals surface area contributed by atoms with Gasteiger partial charge in [0, 0.05) is 13.1 Å². The lowest BCUT2D eigenvalue weighted by molar-refractivity contribution is 0.317. The van der Waals surface area contributed by atoms with E-state index in [9.17, 15) is 5.11 Å². The van der Waals surface area contributed by atoms with Crippen LogP contribution in [-0.4, -0.2) is 42.8 Å². The molecular formula is C16H26N2O2. The third-order valence-corrected chi connectivity index (χ3v) is 3.90. The highest BCUT2D eigenvalue weighted by Gasteiger charge is 2.20. The first kappa shape index (κ1) is 15.1. The zero-order valence-corrected chi connectivity index (χ0v) is 12.6. The number of ether oxygens (including phenoxy) is 1. The topological polar surface area (TPSA) is 44.7 Å². The molecule has 0 bridgehead atoms. The quantitative estimate of drug-likeness (QED) is 0.803.